The van der Waals surface area contributed by atoms with Gasteiger partial charge in [0.15, 0.2) is 0 Å². The standard InChI is InChI=1S/C27H31N3O6/c1-27(2,3)35-26(33)29-22(18-20-10-6-4-7-11-20)25(32)36-30-17-16-28-23(30)14-15-24(31)34-19-21-12-8-5-9-13-21/h4-13,16-17,22H,14-15,18-19H2,1-3H3,(H,29,33)/t22-/m0/s1. The van der Waals surface area contributed by atoms with Crippen LogP contribution in [0, 0.1) is 0 Å². The monoisotopic (exact) mass is 493 g/mol. The summed E-state index contributed by atoms with van der Waals surface area (Å²) in [5, 5.41) is 2.59. The maximum Gasteiger partial charge on any atom is 0.408 e. The molecule has 3 aromatic rings. The number of nitrogens with one attached hydrogen (secondary N) is 1. The molecule has 0 radical (unpaired) electrons. The van der Waals surface area contributed by atoms with E-state index in [1.54, 1.807) is 20.8 Å². The summed E-state index contributed by atoms with van der Waals surface area (Å²) in [6.07, 6.45) is 2.67. The van der Waals surface area contributed by atoms with Gasteiger partial charge in [-0.15, -0.1) is 0 Å². The molecule has 9 nitrogen and oxygen atoms in total. The Morgan fingerprint density at radius 1 is 0.972 bits per heavy atom. The highest BCUT2D eigenvalue weighted by Gasteiger charge is 2.27. The van der Waals surface area contributed by atoms with Crippen LogP contribution in [0.25, 0.3) is 0 Å². The first-order valence-corrected chi connectivity index (χ1v) is 11.7. The van der Waals surface area contributed by atoms with Gasteiger partial charge in [-0.2, -0.15) is 4.73 Å². The van der Waals surface area contributed by atoms with Gasteiger partial charge in [0.05, 0.1) is 12.6 Å². The van der Waals surface area contributed by atoms with Gasteiger partial charge in [0.2, 0.25) is 0 Å². The average molecular weight is 494 g/mol. The second kappa shape index (κ2) is 12.5. The highest BCUT2D eigenvalue weighted by molar-refractivity contribution is 5.82. The number of alkyl carbamates (subject to hydrolysis) is 1. The van der Waals surface area contributed by atoms with Crippen LogP contribution in [0.4, 0.5) is 4.79 Å². The van der Waals surface area contributed by atoms with Crippen LogP contribution in [0.1, 0.15) is 44.1 Å². The van der Waals surface area contributed by atoms with Crippen LogP contribution in [-0.2, 0) is 38.5 Å². The van der Waals surface area contributed by atoms with Crippen LogP contribution in [0.2, 0.25) is 0 Å². The Hall–Kier alpha value is -4.14. The summed E-state index contributed by atoms with van der Waals surface area (Å²) < 4.78 is 11.8. The molecule has 0 saturated heterocycles. The highest BCUT2D eigenvalue weighted by atomic mass is 16.7. The summed E-state index contributed by atoms with van der Waals surface area (Å²) in [4.78, 5) is 47.2. The van der Waals surface area contributed by atoms with Crippen molar-refractivity contribution in [3.8, 4) is 0 Å². The number of aryl methyl sites for hydroxylation is 1. The lowest BCUT2D eigenvalue weighted by molar-refractivity contribution is -0.147. The fourth-order valence-corrected chi connectivity index (χ4v) is 3.26. The lowest BCUT2D eigenvalue weighted by Crippen LogP contribution is -2.47. The van der Waals surface area contributed by atoms with Gasteiger partial charge in [-0.05, 0) is 31.9 Å². The molecule has 1 N–H and O–H groups in total. The molecule has 0 bridgehead atoms. The Kier molecular flexibility index (Phi) is 9.21. The van der Waals surface area contributed by atoms with Crippen LogP contribution < -0.4 is 10.2 Å². The zero-order valence-corrected chi connectivity index (χ0v) is 20.7. The molecule has 190 valence electrons. The number of amides is 1. The molecule has 0 aliphatic carbocycles. The van der Waals surface area contributed by atoms with Crippen molar-refractivity contribution in [2.45, 2.75) is 58.3 Å². The minimum absolute atomic E-state index is 0.0605. The number of aromatic nitrogens is 2. The van der Waals surface area contributed by atoms with E-state index < -0.39 is 29.7 Å². The summed E-state index contributed by atoms with van der Waals surface area (Å²) in [6, 6.07) is 17.6. The number of esters is 1. The van der Waals surface area contributed by atoms with E-state index in [4.69, 9.17) is 14.3 Å². The fourth-order valence-electron chi connectivity index (χ4n) is 3.26. The third-order valence-electron chi connectivity index (χ3n) is 4.92. The van der Waals surface area contributed by atoms with Crippen molar-refractivity contribution in [3.63, 3.8) is 0 Å². The first kappa shape index (κ1) is 26.5. The maximum absolute atomic E-state index is 13.0. The minimum atomic E-state index is -1.01. The van der Waals surface area contributed by atoms with E-state index in [-0.39, 0.29) is 25.9 Å². The lowest BCUT2D eigenvalue weighted by atomic mass is 10.1. The van der Waals surface area contributed by atoms with Gasteiger partial charge in [0.25, 0.3) is 0 Å². The summed E-state index contributed by atoms with van der Waals surface area (Å²) in [6.45, 7) is 5.39. The molecule has 1 amide bonds. The van der Waals surface area contributed by atoms with Gasteiger partial charge in [-0.25, -0.2) is 14.6 Å². The quantitative estimate of drug-likeness (QED) is 0.430. The summed E-state index contributed by atoms with van der Waals surface area (Å²) in [7, 11) is 0. The largest absolute Gasteiger partial charge is 0.461 e. The highest BCUT2D eigenvalue weighted by Crippen LogP contribution is 2.10. The second-order valence-electron chi connectivity index (χ2n) is 9.11. The van der Waals surface area contributed by atoms with Crippen molar-refractivity contribution in [1.29, 1.82) is 0 Å². The molecule has 1 atom stereocenters. The number of carbonyl (C=O) groups excluding carboxylic acids is 3. The predicted molar refractivity (Wildman–Crippen MR) is 132 cm³/mol. The number of carbonyl (C=O) groups is 3. The molecule has 1 heterocycles. The van der Waals surface area contributed by atoms with Gasteiger partial charge in [-0.1, -0.05) is 60.7 Å². The Morgan fingerprint density at radius 2 is 1.61 bits per heavy atom. The summed E-state index contributed by atoms with van der Waals surface area (Å²) >= 11 is 0. The number of imidazole rings is 1. The minimum Gasteiger partial charge on any atom is -0.461 e. The molecule has 0 spiro atoms. The Balaban J connectivity index is 1.60. The molecule has 0 unspecified atom stereocenters. The number of ether oxygens (including phenoxy) is 2. The SMILES string of the molecule is CC(C)(C)OC(=O)N[C@@H](Cc1ccccc1)C(=O)On1ccnc1CCC(=O)OCc1ccccc1. The van der Waals surface area contributed by atoms with Crippen molar-refractivity contribution in [3.05, 3.63) is 90.0 Å². The molecule has 9 heteroatoms. The van der Waals surface area contributed by atoms with Crippen molar-refractivity contribution in [2.75, 3.05) is 0 Å². The van der Waals surface area contributed by atoms with E-state index in [1.807, 2.05) is 60.7 Å². The Bertz CT molecular complexity index is 1140. The van der Waals surface area contributed by atoms with Crippen LogP contribution >= 0.6 is 0 Å². The second-order valence-corrected chi connectivity index (χ2v) is 9.11. The Morgan fingerprint density at radius 3 is 2.25 bits per heavy atom. The van der Waals surface area contributed by atoms with Crippen LogP contribution in [-0.4, -0.2) is 39.4 Å². The van der Waals surface area contributed by atoms with Gasteiger partial charge in [0.1, 0.15) is 24.1 Å². The van der Waals surface area contributed by atoms with E-state index in [0.717, 1.165) is 11.1 Å². The zero-order chi connectivity index (χ0) is 26.0. The van der Waals surface area contributed by atoms with Crippen molar-refractivity contribution < 1.29 is 28.7 Å². The first-order valence-electron chi connectivity index (χ1n) is 11.7. The van der Waals surface area contributed by atoms with Crippen molar-refractivity contribution in [2.24, 2.45) is 0 Å². The molecule has 0 aliphatic heterocycles. The number of benzene rings is 2. The maximum atomic E-state index is 13.0. The van der Waals surface area contributed by atoms with Gasteiger partial charge in [0, 0.05) is 19.0 Å². The average Bonchev–Trinajstić information content (AvgIpc) is 3.28. The summed E-state index contributed by atoms with van der Waals surface area (Å²) in [5.41, 5.74) is 1.00. The van der Waals surface area contributed by atoms with Crippen molar-refractivity contribution in [1.82, 2.24) is 15.0 Å². The topological polar surface area (TPSA) is 109 Å². The van der Waals surface area contributed by atoms with Crippen molar-refractivity contribution >= 4 is 18.0 Å². The molecule has 1 aromatic heterocycles. The van der Waals surface area contributed by atoms with Crippen LogP contribution in [0.3, 0.4) is 0 Å². The first-order chi connectivity index (χ1) is 17.2. The van der Waals surface area contributed by atoms with Gasteiger partial charge < -0.3 is 19.6 Å². The third-order valence-corrected chi connectivity index (χ3v) is 4.92. The number of hydrogen-bond donors (Lipinski definition) is 1. The molecular formula is C27H31N3O6. The van der Waals surface area contributed by atoms with Gasteiger partial charge >= 0.3 is 18.0 Å². The molecule has 2 aromatic carbocycles. The molecule has 0 saturated carbocycles. The molecule has 0 aliphatic rings. The molecule has 36 heavy (non-hydrogen) atoms. The fraction of sp³-hybridized carbons (Fsp3) is 0.333. The van der Waals surface area contributed by atoms with E-state index >= 15 is 0 Å². The molecule has 0 fully saturated rings. The van der Waals surface area contributed by atoms with E-state index in [2.05, 4.69) is 10.3 Å². The van der Waals surface area contributed by atoms with Crippen LogP contribution in [0.5, 0.6) is 0 Å². The normalized spacial score (nSPS) is 11.9. The zero-order valence-electron chi connectivity index (χ0n) is 20.7. The molecule has 3 rings (SSSR count). The van der Waals surface area contributed by atoms with E-state index in [0.29, 0.717) is 5.82 Å². The molecular weight excluding hydrogens is 462 g/mol. The van der Waals surface area contributed by atoms with Crippen LogP contribution in [0.15, 0.2) is 73.1 Å². The number of rotatable bonds is 10. The van der Waals surface area contributed by atoms with E-state index in [9.17, 15) is 14.4 Å². The van der Waals surface area contributed by atoms with Gasteiger partial charge in [-0.3, -0.25) is 4.79 Å². The van der Waals surface area contributed by atoms with E-state index in [1.165, 1.54) is 17.1 Å². The third kappa shape index (κ3) is 8.90. The predicted octanol–water partition coefficient (Wildman–Crippen LogP) is 3.65. The number of hydrogen-bond acceptors (Lipinski definition) is 7. The number of nitrogens with zero attached hydrogens (tertiary/aromatic N) is 2. The smallest absolute Gasteiger partial charge is 0.408 e. The lowest BCUT2D eigenvalue weighted by Gasteiger charge is -2.23. The Labute approximate surface area is 210 Å². The summed E-state index contributed by atoms with van der Waals surface area (Å²) in [5.74, 6) is -0.723.